The van der Waals surface area contributed by atoms with Crippen LogP contribution in [0, 0.1) is 11.8 Å². The number of nitrogens with two attached hydrogens (primary N) is 1. The second kappa shape index (κ2) is 6.68. The third-order valence-corrected chi connectivity index (χ3v) is 2.86. The van der Waals surface area contributed by atoms with Crippen molar-refractivity contribution in [2.75, 3.05) is 13.6 Å². The highest BCUT2D eigenvalue weighted by molar-refractivity contribution is 5.94. The Morgan fingerprint density at radius 1 is 1.52 bits per heavy atom. The van der Waals surface area contributed by atoms with Crippen molar-refractivity contribution in [2.24, 2.45) is 12.8 Å². The Bertz CT molecular complexity index is 695. The molecule has 2 aromatic heterocycles. The molecule has 0 radical (unpaired) electrons. The van der Waals surface area contributed by atoms with Gasteiger partial charge in [0, 0.05) is 38.6 Å². The average molecular weight is 283 g/mol. The van der Waals surface area contributed by atoms with Gasteiger partial charge in [0.1, 0.15) is 5.69 Å². The summed E-state index contributed by atoms with van der Waals surface area (Å²) >= 11 is 0. The summed E-state index contributed by atoms with van der Waals surface area (Å²) in [6, 6.07) is 3.51. The van der Waals surface area contributed by atoms with E-state index in [1.165, 1.54) is 0 Å². The first kappa shape index (κ1) is 14.8. The van der Waals surface area contributed by atoms with Gasteiger partial charge in [0.25, 0.3) is 5.91 Å². The van der Waals surface area contributed by atoms with E-state index in [0.29, 0.717) is 17.8 Å². The molecule has 6 heteroatoms. The van der Waals surface area contributed by atoms with Crippen molar-refractivity contribution in [2.45, 2.75) is 6.54 Å². The molecular weight excluding hydrogens is 266 g/mol. The maximum Gasteiger partial charge on any atom is 0.273 e. The van der Waals surface area contributed by atoms with E-state index < -0.39 is 0 Å². The largest absolute Gasteiger partial charge is 0.336 e. The zero-order valence-electron chi connectivity index (χ0n) is 12.1. The Hall–Kier alpha value is -2.65. The van der Waals surface area contributed by atoms with Gasteiger partial charge in [-0.3, -0.25) is 9.48 Å². The Kier molecular flexibility index (Phi) is 4.69. The minimum atomic E-state index is -0.180. The molecule has 108 valence electrons. The molecule has 0 aliphatic heterocycles. The highest BCUT2D eigenvalue weighted by Gasteiger charge is 2.17. The molecule has 0 unspecified atom stereocenters. The van der Waals surface area contributed by atoms with Gasteiger partial charge in [0.15, 0.2) is 0 Å². The van der Waals surface area contributed by atoms with Crippen LogP contribution >= 0.6 is 0 Å². The van der Waals surface area contributed by atoms with Gasteiger partial charge in [-0.05, 0) is 12.1 Å². The van der Waals surface area contributed by atoms with Crippen LogP contribution in [-0.2, 0) is 13.6 Å². The zero-order chi connectivity index (χ0) is 15.2. The van der Waals surface area contributed by atoms with Gasteiger partial charge in [0.2, 0.25) is 0 Å². The van der Waals surface area contributed by atoms with Crippen molar-refractivity contribution in [1.29, 1.82) is 0 Å². The number of nitrogens with zero attached hydrogens (tertiary/aromatic N) is 4. The summed E-state index contributed by atoms with van der Waals surface area (Å²) in [6.45, 7) is 0.709. The van der Waals surface area contributed by atoms with Crippen LogP contribution in [0.1, 0.15) is 21.6 Å². The summed E-state index contributed by atoms with van der Waals surface area (Å²) in [6.07, 6.45) is 5.19. The normalized spacial score (nSPS) is 9.86. The Balaban J connectivity index is 2.19. The number of rotatable bonds is 3. The van der Waals surface area contributed by atoms with Gasteiger partial charge in [-0.2, -0.15) is 5.10 Å². The molecule has 0 aliphatic rings. The maximum absolute atomic E-state index is 12.5. The number of aryl methyl sites for hydroxylation is 1. The first-order valence-corrected chi connectivity index (χ1v) is 6.48. The quantitative estimate of drug-likeness (QED) is 0.827. The molecule has 0 bridgehead atoms. The lowest BCUT2D eigenvalue weighted by Crippen LogP contribution is -2.27. The molecule has 2 rings (SSSR count). The number of aromatic nitrogens is 3. The predicted octanol–water partition coefficient (Wildman–Crippen LogP) is 0.398. The average Bonchev–Trinajstić information content (AvgIpc) is 2.89. The van der Waals surface area contributed by atoms with Gasteiger partial charge < -0.3 is 10.6 Å². The van der Waals surface area contributed by atoms with Gasteiger partial charge in [-0.1, -0.05) is 11.8 Å². The summed E-state index contributed by atoms with van der Waals surface area (Å²) < 4.78 is 1.70. The minimum Gasteiger partial charge on any atom is -0.336 e. The van der Waals surface area contributed by atoms with E-state index in [1.807, 2.05) is 13.2 Å². The van der Waals surface area contributed by atoms with E-state index in [0.717, 1.165) is 5.56 Å². The fourth-order valence-electron chi connectivity index (χ4n) is 1.90. The van der Waals surface area contributed by atoms with Crippen LogP contribution in [0.4, 0.5) is 0 Å². The summed E-state index contributed by atoms with van der Waals surface area (Å²) in [4.78, 5) is 18.2. The lowest BCUT2D eigenvalue weighted by molar-refractivity contribution is 0.0779. The highest BCUT2D eigenvalue weighted by Crippen LogP contribution is 2.09. The van der Waals surface area contributed by atoms with Gasteiger partial charge in [-0.15, -0.1) is 0 Å². The lowest BCUT2D eigenvalue weighted by Gasteiger charge is -2.16. The second-order valence-corrected chi connectivity index (χ2v) is 4.59. The molecule has 2 aromatic rings. The first-order chi connectivity index (χ1) is 10.1. The van der Waals surface area contributed by atoms with Gasteiger partial charge in [0.05, 0.1) is 18.3 Å². The smallest absolute Gasteiger partial charge is 0.273 e. The standard InChI is InChI=1S/C15H17N5O/c1-19(10-12-9-18-20(2)11-12)15(21)14-13(5-3-7-16)6-4-8-17-14/h4,6,8-9,11H,7,10,16H2,1-2H3. The molecule has 6 nitrogen and oxygen atoms in total. The molecule has 2 N–H and O–H groups in total. The van der Waals surface area contributed by atoms with Crippen molar-refractivity contribution < 1.29 is 4.79 Å². The Morgan fingerprint density at radius 3 is 3.00 bits per heavy atom. The number of carbonyl (C=O) groups is 1. The Morgan fingerprint density at radius 2 is 2.33 bits per heavy atom. The van der Waals surface area contributed by atoms with Crippen molar-refractivity contribution >= 4 is 5.91 Å². The number of carbonyl (C=O) groups excluding carboxylic acids is 1. The van der Waals surface area contributed by atoms with E-state index in [-0.39, 0.29) is 12.5 Å². The second-order valence-electron chi connectivity index (χ2n) is 4.59. The number of hydrogen-bond acceptors (Lipinski definition) is 4. The molecule has 0 saturated carbocycles. The van der Waals surface area contributed by atoms with Crippen LogP contribution < -0.4 is 5.73 Å². The van der Waals surface area contributed by atoms with Crippen LogP contribution in [0.25, 0.3) is 0 Å². The lowest BCUT2D eigenvalue weighted by atomic mass is 10.1. The van der Waals surface area contributed by atoms with E-state index >= 15 is 0 Å². The zero-order valence-corrected chi connectivity index (χ0v) is 12.1. The van der Waals surface area contributed by atoms with Crippen molar-refractivity contribution in [1.82, 2.24) is 19.7 Å². The fraction of sp³-hybridized carbons (Fsp3) is 0.267. The highest BCUT2D eigenvalue weighted by atomic mass is 16.2. The van der Waals surface area contributed by atoms with E-state index in [2.05, 4.69) is 21.9 Å². The molecule has 0 aliphatic carbocycles. The molecule has 0 saturated heterocycles. The molecule has 0 spiro atoms. The van der Waals surface area contributed by atoms with E-state index in [4.69, 9.17) is 5.73 Å². The summed E-state index contributed by atoms with van der Waals surface area (Å²) in [7, 11) is 3.56. The van der Waals surface area contributed by atoms with Crippen LogP contribution in [0.3, 0.4) is 0 Å². The SMILES string of the molecule is CN(Cc1cnn(C)c1)C(=O)c1ncccc1C#CCN. The van der Waals surface area contributed by atoms with E-state index in [1.54, 1.807) is 41.2 Å². The van der Waals surface area contributed by atoms with Crippen LogP contribution in [-0.4, -0.2) is 39.2 Å². The number of pyridine rings is 1. The van der Waals surface area contributed by atoms with Crippen LogP contribution in [0.2, 0.25) is 0 Å². The fourth-order valence-corrected chi connectivity index (χ4v) is 1.90. The molecule has 0 aromatic carbocycles. The molecule has 21 heavy (non-hydrogen) atoms. The van der Waals surface area contributed by atoms with Gasteiger partial charge in [-0.25, -0.2) is 4.98 Å². The van der Waals surface area contributed by atoms with E-state index in [9.17, 15) is 4.79 Å². The van der Waals surface area contributed by atoms with Crippen molar-refractivity contribution in [3.05, 3.63) is 47.5 Å². The monoisotopic (exact) mass is 283 g/mol. The number of amides is 1. The van der Waals surface area contributed by atoms with Gasteiger partial charge >= 0.3 is 0 Å². The maximum atomic E-state index is 12.5. The third-order valence-electron chi connectivity index (χ3n) is 2.86. The topological polar surface area (TPSA) is 77.0 Å². The molecule has 1 amide bonds. The summed E-state index contributed by atoms with van der Waals surface area (Å²) in [5, 5.41) is 4.09. The molecular formula is C15H17N5O. The summed E-state index contributed by atoms with van der Waals surface area (Å²) in [5.74, 6) is 5.44. The first-order valence-electron chi connectivity index (χ1n) is 6.48. The van der Waals surface area contributed by atoms with Crippen molar-refractivity contribution in [3.8, 4) is 11.8 Å². The minimum absolute atomic E-state index is 0.180. The third kappa shape index (κ3) is 3.68. The predicted molar refractivity (Wildman–Crippen MR) is 79.2 cm³/mol. The molecule has 0 fully saturated rings. The van der Waals surface area contributed by atoms with Crippen LogP contribution in [0.15, 0.2) is 30.7 Å². The van der Waals surface area contributed by atoms with Crippen LogP contribution in [0.5, 0.6) is 0 Å². The molecule has 2 heterocycles. The number of hydrogen-bond donors (Lipinski definition) is 1. The Labute approximate surface area is 123 Å². The molecule has 0 atom stereocenters. The van der Waals surface area contributed by atoms with Crippen molar-refractivity contribution in [3.63, 3.8) is 0 Å². The summed E-state index contributed by atoms with van der Waals surface area (Å²) in [5.41, 5.74) is 7.25.